The molecule has 0 radical (unpaired) electrons. The van der Waals surface area contributed by atoms with Gasteiger partial charge in [-0.3, -0.25) is 4.79 Å². The van der Waals surface area contributed by atoms with Crippen LogP contribution in [0, 0.1) is 5.92 Å². The second kappa shape index (κ2) is 6.52. The zero-order valence-electron chi connectivity index (χ0n) is 13.4. The van der Waals surface area contributed by atoms with Crippen molar-refractivity contribution in [3.05, 3.63) is 71.3 Å². The van der Waals surface area contributed by atoms with Crippen LogP contribution in [-0.2, 0) is 11.8 Å². The Morgan fingerprint density at radius 3 is 2.24 bits per heavy atom. The van der Waals surface area contributed by atoms with E-state index < -0.39 is 28.8 Å². The molecule has 0 aromatic heterocycles. The summed E-state index contributed by atoms with van der Waals surface area (Å²) in [5.41, 5.74) is -2.05. The molecule has 2 aromatic carbocycles. The Morgan fingerprint density at radius 2 is 1.64 bits per heavy atom. The van der Waals surface area contributed by atoms with Crippen LogP contribution >= 0.6 is 0 Å². The van der Waals surface area contributed by atoms with Gasteiger partial charge in [-0.05, 0) is 36.5 Å². The number of aliphatic hydroxyl groups is 1. The number of carbonyl (C=O) groups is 1. The number of benzene rings is 2. The molecule has 1 aliphatic carbocycles. The summed E-state index contributed by atoms with van der Waals surface area (Å²) >= 11 is 0. The predicted octanol–water partition coefficient (Wildman–Crippen LogP) is 3.73. The van der Waals surface area contributed by atoms with Crippen LogP contribution in [0.2, 0.25) is 0 Å². The van der Waals surface area contributed by atoms with Gasteiger partial charge in [0.2, 0.25) is 0 Å². The second-order valence-electron chi connectivity index (χ2n) is 6.29. The normalized spacial score (nSPS) is 17.0. The van der Waals surface area contributed by atoms with E-state index in [0.29, 0.717) is 5.56 Å². The molecular weight excluding hydrogens is 331 g/mol. The summed E-state index contributed by atoms with van der Waals surface area (Å²) in [7, 11) is 0. The molecule has 0 bridgehead atoms. The fourth-order valence-corrected chi connectivity index (χ4v) is 3.01. The highest BCUT2D eigenvalue weighted by Crippen LogP contribution is 2.45. The molecule has 25 heavy (non-hydrogen) atoms. The molecule has 3 nitrogen and oxygen atoms in total. The Balaban J connectivity index is 1.80. The summed E-state index contributed by atoms with van der Waals surface area (Å²) < 4.78 is 39.2. The molecule has 1 saturated carbocycles. The third-order valence-electron chi connectivity index (χ3n) is 4.52. The average Bonchev–Trinajstić information content (AvgIpc) is 3.45. The van der Waals surface area contributed by atoms with Gasteiger partial charge in [0.1, 0.15) is 5.60 Å². The summed E-state index contributed by atoms with van der Waals surface area (Å²) in [6.07, 6.45) is -2.97. The Kier molecular flexibility index (Phi) is 4.56. The highest BCUT2D eigenvalue weighted by atomic mass is 19.4. The Hall–Kier alpha value is -2.34. The number of carbonyl (C=O) groups excluding carboxylic acids is 1. The van der Waals surface area contributed by atoms with Crippen LogP contribution in [0.3, 0.4) is 0 Å². The molecule has 0 heterocycles. The van der Waals surface area contributed by atoms with Crippen molar-refractivity contribution in [2.24, 2.45) is 5.92 Å². The van der Waals surface area contributed by atoms with Gasteiger partial charge in [0.25, 0.3) is 5.91 Å². The Bertz CT molecular complexity index is 757. The van der Waals surface area contributed by atoms with Crippen LogP contribution in [0.25, 0.3) is 0 Å². The molecule has 2 aromatic rings. The predicted molar refractivity (Wildman–Crippen MR) is 86.8 cm³/mol. The van der Waals surface area contributed by atoms with Gasteiger partial charge in [-0.1, -0.05) is 42.5 Å². The summed E-state index contributed by atoms with van der Waals surface area (Å²) in [4.78, 5) is 12.3. The van der Waals surface area contributed by atoms with Crippen LogP contribution in [0.5, 0.6) is 0 Å². The van der Waals surface area contributed by atoms with E-state index in [4.69, 9.17) is 0 Å². The molecule has 0 aliphatic heterocycles. The van der Waals surface area contributed by atoms with Gasteiger partial charge in [0.15, 0.2) is 0 Å². The molecule has 3 rings (SSSR count). The summed E-state index contributed by atoms with van der Waals surface area (Å²) in [6, 6.07) is 13.5. The van der Waals surface area contributed by atoms with Crippen molar-refractivity contribution < 1.29 is 23.1 Å². The summed E-state index contributed by atoms with van der Waals surface area (Å²) in [5, 5.41) is 13.5. The van der Waals surface area contributed by atoms with Gasteiger partial charge in [0, 0.05) is 0 Å². The lowest BCUT2D eigenvalue weighted by Crippen LogP contribution is -2.42. The van der Waals surface area contributed by atoms with E-state index in [1.165, 1.54) is 12.1 Å². The number of halogens is 3. The van der Waals surface area contributed by atoms with Crippen molar-refractivity contribution >= 4 is 5.91 Å². The van der Waals surface area contributed by atoms with Crippen LogP contribution in [0.15, 0.2) is 54.6 Å². The lowest BCUT2D eigenvalue weighted by Gasteiger charge is -2.29. The first-order chi connectivity index (χ1) is 11.8. The second-order valence-corrected chi connectivity index (χ2v) is 6.29. The van der Waals surface area contributed by atoms with Gasteiger partial charge in [-0.25, -0.2) is 0 Å². The smallest absolute Gasteiger partial charge is 0.383 e. The van der Waals surface area contributed by atoms with E-state index in [9.17, 15) is 23.1 Å². The number of amides is 1. The number of nitrogens with one attached hydrogen (secondary N) is 1. The fourth-order valence-electron chi connectivity index (χ4n) is 3.01. The first-order valence-corrected chi connectivity index (χ1v) is 8.04. The van der Waals surface area contributed by atoms with Gasteiger partial charge in [-0.2, -0.15) is 13.2 Å². The van der Waals surface area contributed by atoms with Crippen LogP contribution in [0.1, 0.15) is 34.3 Å². The van der Waals surface area contributed by atoms with Gasteiger partial charge < -0.3 is 10.4 Å². The van der Waals surface area contributed by atoms with Crippen molar-refractivity contribution in [3.63, 3.8) is 0 Å². The van der Waals surface area contributed by atoms with Crippen molar-refractivity contribution in [3.8, 4) is 0 Å². The maximum Gasteiger partial charge on any atom is 0.417 e. The number of rotatable bonds is 5. The average molecular weight is 349 g/mol. The molecule has 132 valence electrons. The van der Waals surface area contributed by atoms with Crippen molar-refractivity contribution in [1.82, 2.24) is 5.32 Å². The largest absolute Gasteiger partial charge is 0.417 e. The molecular formula is C19H18F3NO2. The highest BCUT2D eigenvalue weighted by Gasteiger charge is 2.45. The van der Waals surface area contributed by atoms with Crippen LogP contribution < -0.4 is 5.32 Å². The van der Waals surface area contributed by atoms with Crippen molar-refractivity contribution in [2.45, 2.75) is 24.6 Å². The molecule has 1 atom stereocenters. The van der Waals surface area contributed by atoms with Gasteiger partial charge in [-0.15, -0.1) is 0 Å². The standard InChI is InChI=1S/C19H18F3NO2/c20-19(21,22)16-9-5-4-8-15(16)17(24)23-12-18(25,14-10-11-14)13-6-2-1-3-7-13/h1-9,14,25H,10-12H2,(H,23,24)/t18-/m0/s1. The molecule has 0 saturated heterocycles. The maximum absolute atomic E-state index is 13.1. The van der Waals surface area contributed by atoms with Gasteiger partial charge >= 0.3 is 6.18 Å². The van der Waals surface area contributed by atoms with E-state index in [1.54, 1.807) is 24.3 Å². The third-order valence-corrected chi connectivity index (χ3v) is 4.52. The van der Waals surface area contributed by atoms with E-state index in [1.807, 2.05) is 6.07 Å². The third kappa shape index (κ3) is 3.69. The number of alkyl halides is 3. The Morgan fingerprint density at radius 1 is 1.04 bits per heavy atom. The summed E-state index contributed by atoms with van der Waals surface area (Å²) in [6.45, 7) is -0.132. The minimum absolute atomic E-state index is 0.00643. The lowest BCUT2D eigenvalue weighted by atomic mass is 9.88. The fraction of sp³-hybridized carbons (Fsp3) is 0.316. The quantitative estimate of drug-likeness (QED) is 0.864. The molecule has 0 unspecified atom stereocenters. The van der Waals surface area contributed by atoms with E-state index >= 15 is 0 Å². The monoisotopic (exact) mass is 349 g/mol. The first-order valence-electron chi connectivity index (χ1n) is 8.04. The SMILES string of the molecule is O=C(NC[C@](O)(c1ccccc1)C1CC1)c1ccccc1C(F)(F)F. The lowest BCUT2D eigenvalue weighted by molar-refractivity contribution is -0.137. The van der Waals surface area contributed by atoms with Crippen LogP contribution in [-0.4, -0.2) is 17.6 Å². The highest BCUT2D eigenvalue weighted by molar-refractivity contribution is 5.95. The molecule has 0 spiro atoms. The zero-order chi connectivity index (χ0) is 18.1. The first kappa shape index (κ1) is 17.5. The molecule has 1 amide bonds. The van der Waals surface area contributed by atoms with Gasteiger partial charge in [0.05, 0.1) is 17.7 Å². The minimum Gasteiger partial charge on any atom is -0.383 e. The van der Waals surface area contributed by atoms with Crippen molar-refractivity contribution in [2.75, 3.05) is 6.54 Å². The topological polar surface area (TPSA) is 49.3 Å². The van der Waals surface area contributed by atoms with E-state index in [0.717, 1.165) is 25.0 Å². The molecule has 2 N–H and O–H groups in total. The van der Waals surface area contributed by atoms with E-state index in [2.05, 4.69) is 5.32 Å². The zero-order valence-corrected chi connectivity index (χ0v) is 13.4. The minimum atomic E-state index is -4.61. The van der Waals surface area contributed by atoms with E-state index in [-0.39, 0.29) is 12.5 Å². The number of hydrogen-bond donors (Lipinski definition) is 2. The Labute approximate surface area is 143 Å². The maximum atomic E-state index is 13.1. The van der Waals surface area contributed by atoms with Crippen LogP contribution in [0.4, 0.5) is 13.2 Å². The number of hydrogen-bond acceptors (Lipinski definition) is 2. The molecule has 1 fully saturated rings. The molecule has 6 heteroatoms. The molecule has 1 aliphatic rings. The summed E-state index contributed by atoms with van der Waals surface area (Å²) in [5.74, 6) is -0.851. The van der Waals surface area contributed by atoms with Crippen molar-refractivity contribution in [1.29, 1.82) is 0 Å².